The second-order valence-corrected chi connectivity index (χ2v) is 3.35. The van der Waals surface area contributed by atoms with E-state index in [4.69, 9.17) is 0 Å². The average molecular weight is 271 g/mol. The minimum Gasteiger partial charge on any atom is -0.298 e. The summed E-state index contributed by atoms with van der Waals surface area (Å²) in [6.07, 6.45) is -3.44. The van der Waals surface area contributed by atoms with Gasteiger partial charge in [0, 0.05) is 0 Å². The summed E-state index contributed by atoms with van der Waals surface area (Å²) in [5.41, 5.74) is 0.243. The van der Waals surface area contributed by atoms with Crippen LogP contribution in [0.1, 0.15) is 16.8 Å². The van der Waals surface area contributed by atoms with Gasteiger partial charge in [0.05, 0.1) is 24.7 Å². The number of nitrogens with zero attached hydrogens (tertiary/aromatic N) is 2. The number of carbonyl (C=O) groups is 1. The number of alkyl halides is 3. The van der Waals surface area contributed by atoms with Crippen molar-refractivity contribution < 1.29 is 18.0 Å². The Bertz CT molecular complexity index is 334. The average Bonchev–Trinajstić information content (AvgIpc) is 2.42. The summed E-state index contributed by atoms with van der Waals surface area (Å²) in [6.45, 7) is -0.294. The van der Waals surface area contributed by atoms with E-state index in [1.54, 1.807) is 0 Å². The maximum absolute atomic E-state index is 11.8. The fourth-order valence-electron chi connectivity index (χ4n) is 0.852. The lowest BCUT2D eigenvalue weighted by Gasteiger charge is -2.06. The molecule has 7 heteroatoms. The van der Waals surface area contributed by atoms with Crippen LogP contribution in [-0.4, -0.2) is 22.2 Å². The number of hydrogen-bond acceptors (Lipinski definition) is 2. The van der Waals surface area contributed by atoms with Gasteiger partial charge in [-0.05, 0) is 15.9 Å². The SMILES string of the molecule is O=Cc1cnn(CCC(F)(F)F)c1Br. The number of aldehydes is 1. The highest BCUT2D eigenvalue weighted by molar-refractivity contribution is 9.10. The predicted octanol–water partition coefficient (Wildman–Crippen LogP) is 2.41. The number of aromatic nitrogens is 2. The minimum absolute atomic E-state index is 0.243. The zero-order chi connectivity index (χ0) is 10.8. The summed E-state index contributed by atoms with van der Waals surface area (Å²) in [6, 6.07) is 0. The van der Waals surface area contributed by atoms with Crippen molar-refractivity contribution in [1.29, 1.82) is 0 Å². The molecule has 0 N–H and O–H groups in total. The van der Waals surface area contributed by atoms with E-state index in [1.807, 2.05) is 0 Å². The molecule has 0 saturated carbocycles. The molecule has 1 heterocycles. The van der Waals surface area contributed by atoms with Gasteiger partial charge in [0.2, 0.25) is 0 Å². The maximum atomic E-state index is 11.8. The monoisotopic (exact) mass is 270 g/mol. The quantitative estimate of drug-likeness (QED) is 0.791. The lowest BCUT2D eigenvalue weighted by molar-refractivity contribution is -0.137. The van der Waals surface area contributed by atoms with E-state index in [0.29, 0.717) is 6.29 Å². The van der Waals surface area contributed by atoms with E-state index in [-0.39, 0.29) is 16.7 Å². The fourth-order valence-corrected chi connectivity index (χ4v) is 1.32. The van der Waals surface area contributed by atoms with Crippen LogP contribution in [0.15, 0.2) is 10.8 Å². The summed E-state index contributed by atoms with van der Waals surface area (Å²) in [4.78, 5) is 10.3. The van der Waals surface area contributed by atoms with Gasteiger partial charge in [0.15, 0.2) is 6.29 Å². The Balaban J connectivity index is 2.68. The molecule has 78 valence electrons. The second-order valence-electron chi connectivity index (χ2n) is 2.60. The molecule has 1 rings (SSSR count). The third-order valence-electron chi connectivity index (χ3n) is 1.54. The number of aryl methyl sites for hydroxylation is 1. The van der Waals surface area contributed by atoms with Crippen molar-refractivity contribution in [2.45, 2.75) is 19.1 Å². The van der Waals surface area contributed by atoms with Crippen LogP contribution in [0.5, 0.6) is 0 Å². The molecule has 1 aromatic heterocycles. The van der Waals surface area contributed by atoms with Crippen LogP contribution in [0.4, 0.5) is 13.2 Å². The molecule has 0 saturated heterocycles. The topological polar surface area (TPSA) is 34.9 Å². The number of rotatable bonds is 3. The van der Waals surface area contributed by atoms with Gasteiger partial charge in [-0.25, -0.2) is 0 Å². The number of hydrogen-bond donors (Lipinski definition) is 0. The van der Waals surface area contributed by atoms with Crippen LogP contribution < -0.4 is 0 Å². The molecule has 0 fully saturated rings. The van der Waals surface area contributed by atoms with E-state index in [0.717, 1.165) is 4.68 Å². The van der Waals surface area contributed by atoms with Crippen LogP contribution >= 0.6 is 15.9 Å². The largest absolute Gasteiger partial charge is 0.390 e. The lowest BCUT2D eigenvalue weighted by Crippen LogP contribution is -2.13. The van der Waals surface area contributed by atoms with Crippen LogP contribution in [0, 0.1) is 0 Å². The summed E-state index contributed by atoms with van der Waals surface area (Å²) < 4.78 is 36.9. The summed E-state index contributed by atoms with van der Waals surface area (Å²) in [5.74, 6) is 0. The molecule has 0 spiro atoms. The van der Waals surface area contributed by atoms with E-state index in [9.17, 15) is 18.0 Å². The second kappa shape index (κ2) is 4.12. The summed E-state index contributed by atoms with van der Waals surface area (Å²) >= 11 is 2.98. The molecule has 0 atom stereocenters. The Morgan fingerprint density at radius 3 is 2.64 bits per heavy atom. The van der Waals surface area contributed by atoms with Gasteiger partial charge >= 0.3 is 6.18 Å². The molecule has 14 heavy (non-hydrogen) atoms. The first-order valence-electron chi connectivity index (χ1n) is 3.67. The van der Waals surface area contributed by atoms with Crippen molar-refractivity contribution in [3.8, 4) is 0 Å². The Hall–Kier alpha value is -0.850. The van der Waals surface area contributed by atoms with Gasteiger partial charge in [-0.2, -0.15) is 18.3 Å². The zero-order valence-corrected chi connectivity index (χ0v) is 8.47. The first-order valence-corrected chi connectivity index (χ1v) is 4.46. The molecule has 0 aromatic carbocycles. The third-order valence-corrected chi connectivity index (χ3v) is 2.40. The molecular weight excluding hydrogens is 265 g/mol. The van der Waals surface area contributed by atoms with Crippen LogP contribution in [-0.2, 0) is 6.54 Å². The Kier molecular flexibility index (Phi) is 3.30. The summed E-state index contributed by atoms with van der Waals surface area (Å²) in [5, 5.41) is 3.63. The highest BCUT2D eigenvalue weighted by atomic mass is 79.9. The Labute approximate surface area is 86.0 Å². The van der Waals surface area contributed by atoms with Gasteiger partial charge in [-0.3, -0.25) is 9.48 Å². The van der Waals surface area contributed by atoms with Crippen molar-refractivity contribution in [2.24, 2.45) is 0 Å². The van der Waals surface area contributed by atoms with E-state index in [1.165, 1.54) is 6.20 Å². The zero-order valence-electron chi connectivity index (χ0n) is 6.88. The molecule has 3 nitrogen and oxygen atoms in total. The molecule has 0 aliphatic rings. The molecule has 0 amide bonds. The van der Waals surface area contributed by atoms with Crippen molar-refractivity contribution >= 4 is 22.2 Å². The normalized spacial score (nSPS) is 11.7. The molecular formula is C7H6BrF3N2O. The molecule has 1 aromatic rings. The summed E-state index contributed by atoms with van der Waals surface area (Å²) in [7, 11) is 0. The van der Waals surface area contributed by atoms with Gasteiger partial charge in [-0.15, -0.1) is 0 Å². The number of halogens is 4. The van der Waals surface area contributed by atoms with Crippen LogP contribution in [0.2, 0.25) is 0 Å². The van der Waals surface area contributed by atoms with E-state index in [2.05, 4.69) is 21.0 Å². The van der Waals surface area contributed by atoms with Crippen molar-refractivity contribution in [2.75, 3.05) is 0 Å². The molecule has 0 unspecified atom stereocenters. The molecule has 0 bridgehead atoms. The molecule has 0 aliphatic heterocycles. The van der Waals surface area contributed by atoms with Crippen LogP contribution in [0.3, 0.4) is 0 Å². The smallest absolute Gasteiger partial charge is 0.298 e. The van der Waals surface area contributed by atoms with Gasteiger partial charge in [0.1, 0.15) is 4.60 Å². The van der Waals surface area contributed by atoms with E-state index < -0.39 is 12.6 Å². The number of carbonyl (C=O) groups excluding carboxylic acids is 1. The fraction of sp³-hybridized carbons (Fsp3) is 0.429. The van der Waals surface area contributed by atoms with Crippen LogP contribution in [0.25, 0.3) is 0 Å². The van der Waals surface area contributed by atoms with E-state index >= 15 is 0 Å². The Morgan fingerprint density at radius 2 is 2.21 bits per heavy atom. The van der Waals surface area contributed by atoms with Gasteiger partial charge in [-0.1, -0.05) is 0 Å². The van der Waals surface area contributed by atoms with Crippen molar-refractivity contribution in [3.05, 3.63) is 16.4 Å². The minimum atomic E-state index is -4.22. The van der Waals surface area contributed by atoms with Crippen molar-refractivity contribution in [1.82, 2.24) is 9.78 Å². The van der Waals surface area contributed by atoms with Crippen molar-refractivity contribution in [3.63, 3.8) is 0 Å². The molecule has 0 radical (unpaired) electrons. The van der Waals surface area contributed by atoms with Gasteiger partial charge in [0.25, 0.3) is 0 Å². The molecule has 0 aliphatic carbocycles. The first kappa shape index (κ1) is 11.2. The third kappa shape index (κ3) is 2.83. The van der Waals surface area contributed by atoms with Gasteiger partial charge < -0.3 is 0 Å². The predicted molar refractivity (Wildman–Crippen MR) is 46.0 cm³/mol. The first-order chi connectivity index (χ1) is 6.44. The standard InChI is InChI=1S/C7H6BrF3N2O/c8-6-5(4-14)3-12-13(6)2-1-7(9,10)11/h3-4H,1-2H2. The lowest BCUT2D eigenvalue weighted by atomic mass is 10.4. The Morgan fingerprint density at radius 1 is 1.57 bits per heavy atom. The highest BCUT2D eigenvalue weighted by Crippen LogP contribution is 2.22. The maximum Gasteiger partial charge on any atom is 0.390 e. The highest BCUT2D eigenvalue weighted by Gasteiger charge is 2.27.